The number of hydrogen-bond donors (Lipinski definition) is 1. The number of hydrogen-bond acceptors (Lipinski definition) is 4. The topological polar surface area (TPSA) is 55.6 Å². The molecule has 0 aromatic carbocycles. The first-order chi connectivity index (χ1) is 9.48. The molecular weight excluding hydrogens is 262 g/mol. The predicted octanol–water partition coefficient (Wildman–Crippen LogP) is 3.34. The third-order valence-electron chi connectivity index (χ3n) is 4.22. The number of nitrogens with zero attached hydrogens (tertiary/aromatic N) is 4. The average molecular weight is 293 g/mol. The lowest BCUT2D eigenvalue weighted by Crippen LogP contribution is -2.38. The molecule has 1 N–H and O–H groups in total. The molecule has 1 aliphatic rings. The van der Waals surface area contributed by atoms with E-state index in [2.05, 4.69) is 74.0 Å². The van der Waals surface area contributed by atoms with Gasteiger partial charge in [-0.15, -0.1) is 5.10 Å². The lowest BCUT2D eigenvalue weighted by atomic mass is 9.63. The zero-order valence-electron chi connectivity index (χ0n) is 14.7. The van der Waals surface area contributed by atoms with Gasteiger partial charge in [0.1, 0.15) is 0 Å². The van der Waals surface area contributed by atoms with Crippen molar-refractivity contribution in [3.05, 3.63) is 5.82 Å². The van der Waals surface area contributed by atoms with Crippen molar-refractivity contribution < 1.29 is 0 Å². The second-order valence-electron chi connectivity index (χ2n) is 9.21. The van der Waals surface area contributed by atoms with Crippen molar-refractivity contribution in [2.45, 2.75) is 85.9 Å². The van der Waals surface area contributed by atoms with Crippen LogP contribution in [-0.2, 0) is 6.54 Å². The molecule has 0 atom stereocenters. The SMILES string of the molecule is CC1(C)CC(n2nnnc2CNC(C)(C)C)CC(C)(C)C1. The highest BCUT2D eigenvalue weighted by Crippen LogP contribution is 2.49. The van der Waals surface area contributed by atoms with Gasteiger partial charge >= 0.3 is 0 Å². The second-order valence-corrected chi connectivity index (χ2v) is 9.21. The Kier molecular flexibility index (Phi) is 4.17. The standard InChI is InChI=1S/C16H31N5/c1-14(2,3)17-10-13-18-19-20-21(13)12-8-15(4,5)11-16(6,7)9-12/h12,17H,8-11H2,1-7H3. The Morgan fingerprint density at radius 1 is 1.14 bits per heavy atom. The van der Waals surface area contributed by atoms with Crippen molar-refractivity contribution >= 4 is 0 Å². The van der Waals surface area contributed by atoms with Crippen LogP contribution in [0.25, 0.3) is 0 Å². The van der Waals surface area contributed by atoms with Crippen molar-refractivity contribution in [1.29, 1.82) is 0 Å². The van der Waals surface area contributed by atoms with E-state index in [1.807, 2.05) is 0 Å². The fourth-order valence-electron chi connectivity index (χ4n) is 3.92. The molecule has 1 heterocycles. The molecule has 5 nitrogen and oxygen atoms in total. The van der Waals surface area contributed by atoms with Crippen LogP contribution >= 0.6 is 0 Å². The van der Waals surface area contributed by atoms with Crippen LogP contribution in [0.1, 0.15) is 79.6 Å². The fourth-order valence-corrected chi connectivity index (χ4v) is 3.92. The monoisotopic (exact) mass is 293 g/mol. The highest BCUT2D eigenvalue weighted by atomic mass is 15.6. The van der Waals surface area contributed by atoms with Crippen LogP contribution in [0.2, 0.25) is 0 Å². The molecule has 21 heavy (non-hydrogen) atoms. The molecule has 0 unspecified atom stereocenters. The summed E-state index contributed by atoms with van der Waals surface area (Å²) in [6.45, 7) is 16.6. The maximum atomic E-state index is 4.29. The number of nitrogens with one attached hydrogen (secondary N) is 1. The van der Waals surface area contributed by atoms with Gasteiger partial charge < -0.3 is 5.32 Å². The Bertz CT molecular complexity index is 465. The molecule has 0 saturated heterocycles. The van der Waals surface area contributed by atoms with Crippen LogP contribution < -0.4 is 5.32 Å². The van der Waals surface area contributed by atoms with Crippen LogP contribution in [0.15, 0.2) is 0 Å². The zero-order chi connectivity index (χ0) is 15.9. The van der Waals surface area contributed by atoms with E-state index in [1.54, 1.807) is 0 Å². The Morgan fingerprint density at radius 3 is 2.24 bits per heavy atom. The number of tetrazole rings is 1. The third kappa shape index (κ3) is 4.50. The lowest BCUT2D eigenvalue weighted by molar-refractivity contribution is 0.0649. The molecule has 0 radical (unpaired) electrons. The first kappa shape index (κ1) is 16.4. The molecule has 1 saturated carbocycles. The minimum atomic E-state index is 0.0713. The Hall–Kier alpha value is -0.970. The maximum absolute atomic E-state index is 4.29. The van der Waals surface area contributed by atoms with E-state index >= 15 is 0 Å². The van der Waals surface area contributed by atoms with Crippen molar-refractivity contribution in [3.8, 4) is 0 Å². The highest BCUT2D eigenvalue weighted by Gasteiger charge is 2.40. The summed E-state index contributed by atoms with van der Waals surface area (Å²) in [6, 6.07) is 0.399. The third-order valence-corrected chi connectivity index (χ3v) is 4.22. The van der Waals surface area contributed by atoms with Crippen LogP contribution in [0, 0.1) is 10.8 Å². The van der Waals surface area contributed by atoms with E-state index in [9.17, 15) is 0 Å². The first-order valence-corrected chi connectivity index (χ1v) is 7.99. The van der Waals surface area contributed by atoms with Crippen molar-refractivity contribution in [3.63, 3.8) is 0 Å². The normalized spacial score (nSPS) is 22.4. The quantitative estimate of drug-likeness (QED) is 0.928. The van der Waals surface area contributed by atoms with E-state index in [-0.39, 0.29) is 5.54 Å². The molecule has 0 amide bonds. The minimum absolute atomic E-state index is 0.0713. The van der Waals surface area contributed by atoms with Gasteiger partial charge in [0.05, 0.1) is 12.6 Å². The average Bonchev–Trinajstić information content (AvgIpc) is 2.68. The van der Waals surface area contributed by atoms with Gasteiger partial charge in [-0.05, 0) is 61.3 Å². The summed E-state index contributed by atoms with van der Waals surface area (Å²) in [5, 5.41) is 15.9. The van der Waals surface area contributed by atoms with Crippen molar-refractivity contribution in [2.75, 3.05) is 0 Å². The molecule has 1 aliphatic carbocycles. The summed E-state index contributed by atoms with van der Waals surface area (Å²) in [5.41, 5.74) is 0.752. The smallest absolute Gasteiger partial charge is 0.165 e. The van der Waals surface area contributed by atoms with Gasteiger partial charge in [-0.2, -0.15) is 0 Å². The van der Waals surface area contributed by atoms with E-state index in [0.717, 1.165) is 18.7 Å². The van der Waals surface area contributed by atoms with Gasteiger partial charge in [0.15, 0.2) is 5.82 Å². The molecule has 1 aromatic rings. The van der Waals surface area contributed by atoms with Gasteiger partial charge in [0.25, 0.3) is 0 Å². The molecule has 2 rings (SSSR count). The largest absolute Gasteiger partial charge is 0.305 e. The minimum Gasteiger partial charge on any atom is -0.305 e. The molecular formula is C16H31N5. The van der Waals surface area contributed by atoms with Crippen LogP contribution in [0.5, 0.6) is 0 Å². The Morgan fingerprint density at radius 2 is 1.71 bits per heavy atom. The Labute approximate surface area is 128 Å². The summed E-state index contributed by atoms with van der Waals surface area (Å²) in [4.78, 5) is 0. The first-order valence-electron chi connectivity index (χ1n) is 7.99. The number of aromatic nitrogens is 4. The maximum Gasteiger partial charge on any atom is 0.165 e. The van der Waals surface area contributed by atoms with E-state index in [0.29, 0.717) is 23.4 Å². The van der Waals surface area contributed by atoms with E-state index in [4.69, 9.17) is 0 Å². The summed E-state index contributed by atoms with van der Waals surface area (Å²) < 4.78 is 2.06. The van der Waals surface area contributed by atoms with Gasteiger partial charge in [0, 0.05) is 5.54 Å². The van der Waals surface area contributed by atoms with Crippen LogP contribution in [0.3, 0.4) is 0 Å². The molecule has 0 spiro atoms. The van der Waals surface area contributed by atoms with Gasteiger partial charge in [-0.1, -0.05) is 27.7 Å². The number of rotatable bonds is 3. The molecule has 1 aromatic heterocycles. The summed E-state index contributed by atoms with van der Waals surface area (Å²) in [6.07, 6.45) is 3.54. The molecule has 1 fully saturated rings. The van der Waals surface area contributed by atoms with E-state index in [1.165, 1.54) is 6.42 Å². The Balaban J connectivity index is 2.16. The summed E-state index contributed by atoms with van der Waals surface area (Å²) in [5.74, 6) is 0.948. The van der Waals surface area contributed by atoms with Gasteiger partial charge in [0.2, 0.25) is 0 Å². The lowest BCUT2D eigenvalue weighted by Gasteiger charge is -2.44. The van der Waals surface area contributed by atoms with E-state index < -0.39 is 0 Å². The van der Waals surface area contributed by atoms with Gasteiger partial charge in [-0.25, -0.2) is 4.68 Å². The summed E-state index contributed by atoms with van der Waals surface area (Å²) >= 11 is 0. The van der Waals surface area contributed by atoms with Crippen LogP contribution in [-0.4, -0.2) is 25.7 Å². The molecule has 5 heteroatoms. The second kappa shape index (κ2) is 5.34. The summed E-state index contributed by atoms with van der Waals surface area (Å²) in [7, 11) is 0. The van der Waals surface area contributed by atoms with Crippen LogP contribution in [0.4, 0.5) is 0 Å². The predicted molar refractivity (Wildman–Crippen MR) is 84.9 cm³/mol. The van der Waals surface area contributed by atoms with Gasteiger partial charge in [-0.3, -0.25) is 0 Å². The van der Waals surface area contributed by atoms with Crippen molar-refractivity contribution in [1.82, 2.24) is 25.5 Å². The highest BCUT2D eigenvalue weighted by molar-refractivity contribution is 4.95. The molecule has 120 valence electrons. The fraction of sp³-hybridized carbons (Fsp3) is 0.938. The van der Waals surface area contributed by atoms with Crippen molar-refractivity contribution in [2.24, 2.45) is 10.8 Å². The molecule has 0 aliphatic heterocycles. The zero-order valence-corrected chi connectivity index (χ0v) is 14.7. The molecule has 0 bridgehead atoms.